The van der Waals surface area contributed by atoms with Gasteiger partial charge in [-0.05, 0) is 183 Å². The normalized spacial score (nSPS) is 12.1. The first kappa shape index (κ1) is 91.8. The van der Waals surface area contributed by atoms with Crippen LogP contribution in [0.1, 0.15) is 101 Å². The van der Waals surface area contributed by atoms with Gasteiger partial charge in [0.15, 0.2) is 0 Å². The number of amides is 7. The number of aryl methyl sites for hydroxylation is 3. The van der Waals surface area contributed by atoms with Gasteiger partial charge in [-0.1, -0.05) is 49.6 Å². The van der Waals surface area contributed by atoms with E-state index in [1.54, 1.807) is 150 Å². The van der Waals surface area contributed by atoms with Crippen LogP contribution in [0.2, 0.25) is 0 Å². The van der Waals surface area contributed by atoms with E-state index in [2.05, 4.69) is 72.1 Å². The number of carbonyl (C=O) groups is 7. The number of nitrogen functional groups attached to an aromatic ring is 2. The zero-order valence-corrected chi connectivity index (χ0v) is 61.8. The van der Waals surface area contributed by atoms with E-state index in [-0.39, 0.29) is 41.4 Å². The molecular formula is C74H110N26O7. The van der Waals surface area contributed by atoms with Gasteiger partial charge in [0.1, 0.15) is 0 Å². The maximum atomic E-state index is 11.9. The van der Waals surface area contributed by atoms with E-state index in [0.29, 0.717) is 79.4 Å². The zero-order chi connectivity index (χ0) is 79.5. The highest BCUT2D eigenvalue weighted by molar-refractivity contribution is 5.99. The molecule has 31 N–H and O–H groups in total. The first-order valence-corrected chi connectivity index (χ1v) is 34.6. The number of nitrogens with zero attached hydrogens (tertiary/aromatic N) is 7. The largest absolute Gasteiger partial charge is 0.397 e. The molecule has 0 aliphatic heterocycles. The molecule has 0 radical (unpaired) electrons. The molecular weight excluding hydrogens is 1360 g/mol. The Labute approximate surface area is 626 Å². The van der Waals surface area contributed by atoms with Crippen LogP contribution in [0.3, 0.4) is 0 Å². The molecule has 33 heteroatoms. The summed E-state index contributed by atoms with van der Waals surface area (Å²) in [7, 11) is 0. The molecule has 0 unspecified atom stereocenters. The van der Waals surface area contributed by atoms with E-state index in [4.69, 9.17) is 68.8 Å². The fourth-order valence-corrected chi connectivity index (χ4v) is 8.27. The van der Waals surface area contributed by atoms with Crippen LogP contribution in [0.15, 0.2) is 172 Å². The minimum Gasteiger partial charge on any atom is -0.397 e. The standard InChI is InChI=1S/C14H16N4O.2C12H20N4O.C11H18N4O.C9H13N3O.C8H12N4O.C8H11N3O/c15-11-6-7-17-9-13(11)18-14(19)12(16)8-10-4-2-1-3-5-10;2*1-9-8-15-7-5-11(9)16-12(17)10(14)4-2-3-6-13;12-6-2-1-3-10(13)11(16)15-9-4-7-14-8-5-9;1-6-5-11-4-3-8(6)12-9(13)7(2)10;1-5(9)8(13)12-7-4-11-3-2-6(7)10;1-6(9)8(12)11-7-2-4-10-5-3-7/h1-7,9,12H,8,16H2,(H2,15,17)(H,18,19);2*5,7-8,10H,2-4,6,13-14H2,1H3,(H,15,16,17);4-5,7-8,10H,1-3,6,12-13H2,(H,14,15,16);3-5,7H,10H2,1-2H3,(H,11,12,13);2-5H,9H2,1H3,(H2,10,11)(H,12,13);2-6H,9H2,1H3,(H,10,11,12)/t12-;3*10-;7-;5-;6-/m0000000/s1. The van der Waals surface area contributed by atoms with Gasteiger partial charge in [-0.2, -0.15) is 0 Å². The van der Waals surface area contributed by atoms with Crippen molar-refractivity contribution in [3.8, 4) is 0 Å². The Morgan fingerprint density at radius 3 is 0.916 bits per heavy atom. The Balaban J connectivity index is 0.000000426. The Kier molecular flexibility index (Phi) is 45.9. The maximum Gasteiger partial charge on any atom is 0.241 e. The van der Waals surface area contributed by atoms with Crippen molar-refractivity contribution >= 4 is 92.5 Å². The summed E-state index contributed by atoms with van der Waals surface area (Å²) in [4.78, 5) is 108. The predicted octanol–water partition coefficient (Wildman–Crippen LogP) is 4.21. The number of pyridine rings is 7. The fourth-order valence-electron chi connectivity index (χ4n) is 8.27. The van der Waals surface area contributed by atoms with Gasteiger partial charge in [0.2, 0.25) is 41.4 Å². The molecule has 0 saturated heterocycles. The Morgan fingerprint density at radius 1 is 0.318 bits per heavy atom. The van der Waals surface area contributed by atoms with Gasteiger partial charge in [-0.25, -0.2) is 0 Å². The van der Waals surface area contributed by atoms with E-state index in [1.807, 2.05) is 51.1 Å². The van der Waals surface area contributed by atoms with Crippen molar-refractivity contribution < 1.29 is 33.6 Å². The molecule has 0 aliphatic rings. The van der Waals surface area contributed by atoms with Gasteiger partial charge in [0, 0.05) is 103 Å². The molecule has 578 valence electrons. The molecule has 33 nitrogen and oxygen atoms in total. The van der Waals surface area contributed by atoms with Crippen molar-refractivity contribution in [3.05, 3.63) is 194 Å². The van der Waals surface area contributed by atoms with Gasteiger partial charge in [-0.3, -0.25) is 68.4 Å². The lowest BCUT2D eigenvalue weighted by Gasteiger charge is -2.13. The van der Waals surface area contributed by atoms with Crippen molar-refractivity contribution in [2.24, 2.45) is 57.3 Å². The molecule has 107 heavy (non-hydrogen) atoms. The summed E-state index contributed by atoms with van der Waals surface area (Å²) in [5.41, 5.74) is 76.2. The second kappa shape index (κ2) is 53.5. The number of aromatic nitrogens is 7. The molecule has 0 spiro atoms. The van der Waals surface area contributed by atoms with E-state index < -0.39 is 42.3 Å². The van der Waals surface area contributed by atoms with E-state index in [9.17, 15) is 33.6 Å². The molecule has 0 bridgehead atoms. The molecule has 7 amide bonds. The highest BCUT2D eigenvalue weighted by Crippen LogP contribution is 2.19. The number of benzene rings is 1. The lowest BCUT2D eigenvalue weighted by atomic mass is 10.1. The van der Waals surface area contributed by atoms with Crippen LogP contribution in [-0.4, -0.2) is 138 Å². The number of nitrogens with one attached hydrogen (secondary N) is 7. The smallest absolute Gasteiger partial charge is 0.241 e. The van der Waals surface area contributed by atoms with Crippen LogP contribution in [0.4, 0.5) is 51.2 Å². The van der Waals surface area contributed by atoms with Gasteiger partial charge in [0.05, 0.1) is 77.4 Å². The number of nitrogens with two attached hydrogens (primary N) is 12. The Bertz CT molecular complexity index is 3730. The maximum absolute atomic E-state index is 11.9. The second-order valence-corrected chi connectivity index (χ2v) is 24.2. The highest BCUT2D eigenvalue weighted by atomic mass is 16.2. The summed E-state index contributed by atoms with van der Waals surface area (Å²) in [6, 6.07) is 21.4. The van der Waals surface area contributed by atoms with Crippen molar-refractivity contribution in [1.82, 2.24) is 34.9 Å². The Hall–Kier alpha value is -11.2. The third-order valence-corrected chi connectivity index (χ3v) is 14.7. The monoisotopic (exact) mass is 1470 g/mol. The first-order valence-electron chi connectivity index (χ1n) is 34.6. The highest BCUT2D eigenvalue weighted by Gasteiger charge is 2.18. The number of rotatable bonds is 28. The van der Waals surface area contributed by atoms with Gasteiger partial charge < -0.3 is 106 Å². The van der Waals surface area contributed by atoms with E-state index >= 15 is 0 Å². The van der Waals surface area contributed by atoms with Gasteiger partial charge in [0.25, 0.3) is 0 Å². The van der Waals surface area contributed by atoms with Crippen LogP contribution in [0.25, 0.3) is 0 Å². The minimum absolute atomic E-state index is 0.156. The number of hydrogen-bond donors (Lipinski definition) is 19. The van der Waals surface area contributed by atoms with Crippen molar-refractivity contribution in [2.45, 2.75) is 148 Å². The number of anilines is 9. The minimum atomic E-state index is -0.623. The molecule has 0 aliphatic carbocycles. The SMILES string of the molecule is C[C@H](N)C(=O)Nc1ccncc1.C[C@H](N)C(=O)Nc1cnccc1N.Cc1cnccc1NC(=O)[C@@H](N)CCCCN.Cc1cnccc1NC(=O)[C@@H](N)CCCCN.Cc1cnccc1NC(=O)[C@H](C)N.NCCCC[C@H](N)C(=O)Nc1ccncc1.Nc1ccncc1NC(=O)[C@@H](N)Cc1ccccc1. The molecule has 8 aromatic rings. The van der Waals surface area contributed by atoms with Crippen LogP contribution in [0, 0.1) is 20.8 Å². The average molecular weight is 1480 g/mol. The lowest BCUT2D eigenvalue weighted by molar-refractivity contribution is -0.118. The average Bonchev–Trinajstić information content (AvgIpc) is 0.944. The van der Waals surface area contributed by atoms with Crippen LogP contribution in [-0.2, 0) is 40.0 Å². The van der Waals surface area contributed by atoms with E-state index in [0.717, 1.165) is 77.8 Å². The summed E-state index contributed by atoms with van der Waals surface area (Å²) < 4.78 is 0. The van der Waals surface area contributed by atoms with E-state index in [1.165, 1.54) is 12.4 Å². The quantitative estimate of drug-likeness (QED) is 0.0305. The lowest BCUT2D eigenvalue weighted by Crippen LogP contribution is -2.37. The molecule has 7 aromatic heterocycles. The summed E-state index contributed by atoms with van der Waals surface area (Å²) in [5.74, 6) is -1.41. The molecule has 7 atom stereocenters. The molecule has 7 heterocycles. The topological polar surface area (TPSA) is 606 Å². The molecule has 8 rings (SSSR count). The fraction of sp³-hybridized carbons (Fsp3) is 0.351. The number of hydrogen-bond acceptors (Lipinski definition) is 26. The van der Waals surface area contributed by atoms with Crippen LogP contribution >= 0.6 is 0 Å². The number of carbonyl (C=O) groups excluding carboxylic acids is 7. The zero-order valence-electron chi connectivity index (χ0n) is 61.8. The second-order valence-electron chi connectivity index (χ2n) is 24.2. The molecule has 1 aromatic carbocycles. The van der Waals surface area contributed by atoms with Crippen molar-refractivity contribution in [3.63, 3.8) is 0 Å². The van der Waals surface area contributed by atoms with Crippen molar-refractivity contribution in [1.29, 1.82) is 0 Å². The third-order valence-electron chi connectivity index (χ3n) is 14.7. The molecule has 0 fully saturated rings. The summed E-state index contributed by atoms with van der Waals surface area (Å²) >= 11 is 0. The first-order chi connectivity index (χ1) is 51.1. The third kappa shape index (κ3) is 40.0. The van der Waals surface area contributed by atoms with Crippen molar-refractivity contribution in [2.75, 3.05) is 68.3 Å². The van der Waals surface area contributed by atoms with Crippen LogP contribution in [0.5, 0.6) is 0 Å². The van der Waals surface area contributed by atoms with Gasteiger partial charge >= 0.3 is 0 Å². The summed E-state index contributed by atoms with van der Waals surface area (Å²) in [5, 5.41) is 18.9. The van der Waals surface area contributed by atoms with Crippen LogP contribution < -0.4 is 106 Å². The predicted molar refractivity (Wildman–Crippen MR) is 425 cm³/mol. The van der Waals surface area contributed by atoms with Gasteiger partial charge in [-0.15, -0.1) is 0 Å². The summed E-state index contributed by atoms with van der Waals surface area (Å²) in [6.07, 6.45) is 30.4. The Morgan fingerprint density at radius 2 is 0.589 bits per heavy atom. The summed E-state index contributed by atoms with van der Waals surface area (Å²) in [6.45, 7) is 12.5. The number of unbranched alkanes of at least 4 members (excludes halogenated alkanes) is 3. The molecule has 0 saturated carbocycles.